The topological polar surface area (TPSA) is 50.2 Å². The van der Waals surface area contributed by atoms with Crippen LogP contribution in [0.25, 0.3) is 5.69 Å². The number of carbonyl (C=O) groups is 1. The zero-order valence-electron chi connectivity index (χ0n) is 14.1. The van der Waals surface area contributed by atoms with E-state index in [0.717, 1.165) is 31.7 Å². The van der Waals surface area contributed by atoms with Gasteiger partial charge in [0.1, 0.15) is 0 Å². The van der Waals surface area contributed by atoms with Gasteiger partial charge in [0, 0.05) is 30.2 Å². The van der Waals surface area contributed by atoms with Gasteiger partial charge in [-0.05, 0) is 50.3 Å². The van der Waals surface area contributed by atoms with Crippen LogP contribution in [-0.2, 0) is 0 Å². The second kappa shape index (κ2) is 11.9. The van der Waals surface area contributed by atoms with Gasteiger partial charge in [-0.15, -0.1) is 24.8 Å². The van der Waals surface area contributed by atoms with Crippen LogP contribution in [0.3, 0.4) is 0 Å². The molecule has 0 bridgehead atoms. The number of nitrogens with zero attached hydrogens (tertiary/aromatic N) is 3. The smallest absolute Gasteiger partial charge is 0.251 e. The van der Waals surface area contributed by atoms with Crippen molar-refractivity contribution in [1.82, 2.24) is 19.8 Å². The monoisotopic (exact) mass is 372 g/mol. The number of halogens is 2. The summed E-state index contributed by atoms with van der Waals surface area (Å²) < 4.78 is 1.91. The Labute approximate surface area is 156 Å². The Kier molecular flexibility index (Phi) is 11.1. The highest BCUT2D eigenvalue weighted by molar-refractivity contribution is 5.94. The van der Waals surface area contributed by atoms with Gasteiger partial charge < -0.3 is 14.8 Å². The van der Waals surface area contributed by atoms with E-state index >= 15 is 0 Å². The molecular weight excluding hydrogens is 347 g/mol. The number of rotatable bonds is 8. The normalized spacial score (nSPS) is 9.96. The van der Waals surface area contributed by atoms with Crippen molar-refractivity contribution in [3.05, 3.63) is 48.5 Å². The number of nitrogens with one attached hydrogen (secondary N) is 1. The maximum atomic E-state index is 12.1. The largest absolute Gasteiger partial charge is 0.352 e. The first kappa shape index (κ1) is 22.4. The van der Waals surface area contributed by atoms with Crippen LogP contribution in [0.15, 0.2) is 43.0 Å². The minimum atomic E-state index is -0.0169. The van der Waals surface area contributed by atoms with Crippen LogP contribution in [0.2, 0.25) is 0 Å². The van der Waals surface area contributed by atoms with E-state index in [-0.39, 0.29) is 30.7 Å². The highest BCUT2D eigenvalue weighted by Crippen LogP contribution is 2.09. The molecule has 1 aromatic carbocycles. The second-order valence-electron chi connectivity index (χ2n) is 5.15. The third-order valence-corrected chi connectivity index (χ3v) is 3.76. The fourth-order valence-electron chi connectivity index (χ4n) is 2.34. The number of hydrogen-bond acceptors (Lipinski definition) is 3. The molecule has 1 aromatic heterocycles. The van der Waals surface area contributed by atoms with Crippen molar-refractivity contribution >= 4 is 30.7 Å². The van der Waals surface area contributed by atoms with Gasteiger partial charge in [0.15, 0.2) is 0 Å². The van der Waals surface area contributed by atoms with Crippen molar-refractivity contribution in [3.63, 3.8) is 0 Å². The van der Waals surface area contributed by atoms with E-state index in [1.54, 1.807) is 12.5 Å². The zero-order chi connectivity index (χ0) is 15.8. The lowest BCUT2D eigenvalue weighted by Crippen LogP contribution is -2.29. The molecule has 0 atom stereocenters. The van der Waals surface area contributed by atoms with Crippen LogP contribution in [0, 0.1) is 0 Å². The first-order valence-electron chi connectivity index (χ1n) is 7.83. The number of aromatic nitrogens is 2. The van der Waals surface area contributed by atoms with E-state index in [4.69, 9.17) is 0 Å². The SMILES string of the molecule is CCN(CC)CCCNC(=O)c1ccc(-n2ccnc2)cc1.Cl.Cl. The Morgan fingerprint density at radius 2 is 1.83 bits per heavy atom. The lowest BCUT2D eigenvalue weighted by molar-refractivity contribution is 0.0952. The van der Waals surface area contributed by atoms with Crippen LogP contribution < -0.4 is 5.32 Å². The van der Waals surface area contributed by atoms with Gasteiger partial charge >= 0.3 is 0 Å². The van der Waals surface area contributed by atoms with Gasteiger partial charge in [-0.3, -0.25) is 4.79 Å². The molecule has 5 nitrogen and oxygen atoms in total. The molecular formula is C17H26Cl2N4O. The summed E-state index contributed by atoms with van der Waals surface area (Å²) in [5, 5.41) is 2.97. The quantitative estimate of drug-likeness (QED) is 0.723. The van der Waals surface area contributed by atoms with Crippen LogP contribution in [0.5, 0.6) is 0 Å². The molecule has 0 unspecified atom stereocenters. The van der Waals surface area contributed by atoms with Crippen molar-refractivity contribution in [2.24, 2.45) is 0 Å². The number of hydrogen-bond donors (Lipinski definition) is 1. The van der Waals surface area contributed by atoms with E-state index in [2.05, 4.69) is 29.0 Å². The van der Waals surface area contributed by atoms with Crippen LogP contribution >= 0.6 is 24.8 Å². The van der Waals surface area contributed by atoms with Gasteiger partial charge in [-0.25, -0.2) is 4.98 Å². The molecule has 0 aliphatic rings. The molecule has 134 valence electrons. The average molecular weight is 373 g/mol. The summed E-state index contributed by atoms with van der Waals surface area (Å²) in [5.74, 6) is -0.0169. The van der Waals surface area contributed by atoms with E-state index < -0.39 is 0 Å². The van der Waals surface area contributed by atoms with E-state index in [1.807, 2.05) is 35.0 Å². The summed E-state index contributed by atoms with van der Waals surface area (Å²) in [6.07, 6.45) is 6.32. The third kappa shape index (κ3) is 6.51. The first-order valence-corrected chi connectivity index (χ1v) is 7.83. The molecule has 7 heteroatoms. The number of amides is 1. The Morgan fingerprint density at radius 3 is 2.38 bits per heavy atom. The molecule has 0 spiro atoms. The Morgan fingerprint density at radius 1 is 1.17 bits per heavy atom. The lowest BCUT2D eigenvalue weighted by Gasteiger charge is -2.17. The van der Waals surface area contributed by atoms with Crippen LogP contribution in [0.4, 0.5) is 0 Å². The standard InChI is InChI=1S/C17H24N4O.2ClH/c1-3-20(4-2)12-5-10-19-17(22)15-6-8-16(9-7-15)21-13-11-18-14-21;;/h6-9,11,13-14H,3-5,10,12H2,1-2H3,(H,19,22);2*1H. The van der Waals surface area contributed by atoms with Gasteiger partial charge in [-0.2, -0.15) is 0 Å². The molecule has 2 aromatic rings. The molecule has 0 fully saturated rings. The summed E-state index contributed by atoms with van der Waals surface area (Å²) in [5.41, 5.74) is 1.68. The summed E-state index contributed by atoms with van der Waals surface area (Å²) in [6.45, 7) is 8.15. The van der Waals surface area contributed by atoms with Crippen LogP contribution in [-0.4, -0.2) is 46.5 Å². The fraction of sp³-hybridized carbons (Fsp3) is 0.412. The van der Waals surface area contributed by atoms with Crippen LogP contribution in [0.1, 0.15) is 30.6 Å². The van der Waals surface area contributed by atoms with E-state index in [0.29, 0.717) is 12.1 Å². The van der Waals surface area contributed by atoms with Gasteiger partial charge in [0.05, 0.1) is 6.33 Å². The molecule has 0 saturated carbocycles. The maximum Gasteiger partial charge on any atom is 0.251 e. The molecule has 1 amide bonds. The summed E-state index contributed by atoms with van der Waals surface area (Å²) >= 11 is 0. The second-order valence-corrected chi connectivity index (χ2v) is 5.15. The average Bonchev–Trinajstić information content (AvgIpc) is 3.09. The predicted octanol–water partition coefficient (Wildman–Crippen LogP) is 3.18. The highest BCUT2D eigenvalue weighted by Gasteiger charge is 2.05. The molecule has 1 N–H and O–H groups in total. The minimum absolute atomic E-state index is 0. The van der Waals surface area contributed by atoms with Crippen molar-refractivity contribution in [3.8, 4) is 5.69 Å². The van der Waals surface area contributed by atoms with Gasteiger partial charge in [-0.1, -0.05) is 13.8 Å². The Hall–Kier alpha value is -1.56. The number of carbonyl (C=O) groups excluding carboxylic acids is 1. The third-order valence-electron chi connectivity index (χ3n) is 3.76. The highest BCUT2D eigenvalue weighted by atomic mass is 35.5. The maximum absolute atomic E-state index is 12.1. The summed E-state index contributed by atoms with van der Waals surface area (Å²) in [6, 6.07) is 7.53. The Balaban J connectivity index is 0.00000264. The zero-order valence-corrected chi connectivity index (χ0v) is 15.8. The van der Waals surface area contributed by atoms with E-state index in [1.165, 1.54) is 0 Å². The van der Waals surface area contributed by atoms with Crippen molar-refractivity contribution in [1.29, 1.82) is 0 Å². The lowest BCUT2D eigenvalue weighted by atomic mass is 10.2. The number of imidazole rings is 1. The molecule has 2 rings (SSSR count). The fourth-order valence-corrected chi connectivity index (χ4v) is 2.34. The van der Waals surface area contributed by atoms with Gasteiger partial charge in [0.25, 0.3) is 5.91 Å². The summed E-state index contributed by atoms with van der Waals surface area (Å²) in [7, 11) is 0. The predicted molar refractivity (Wildman–Crippen MR) is 103 cm³/mol. The van der Waals surface area contributed by atoms with Crippen molar-refractivity contribution in [2.75, 3.05) is 26.2 Å². The molecule has 0 saturated heterocycles. The van der Waals surface area contributed by atoms with E-state index in [9.17, 15) is 4.79 Å². The van der Waals surface area contributed by atoms with Gasteiger partial charge in [0.2, 0.25) is 0 Å². The first-order chi connectivity index (χ1) is 10.7. The molecule has 24 heavy (non-hydrogen) atoms. The van der Waals surface area contributed by atoms with Crippen molar-refractivity contribution in [2.45, 2.75) is 20.3 Å². The molecule has 0 aliphatic heterocycles. The molecule has 0 aliphatic carbocycles. The number of benzene rings is 1. The minimum Gasteiger partial charge on any atom is -0.352 e. The Bertz CT molecular complexity index is 569. The molecule has 0 radical (unpaired) electrons. The summed E-state index contributed by atoms with van der Waals surface area (Å²) in [4.78, 5) is 18.4. The van der Waals surface area contributed by atoms with Crippen molar-refractivity contribution < 1.29 is 4.79 Å². The molecule has 1 heterocycles.